The van der Waals surface area contributed by atoms with Gasteiger partial charge in [0, 0.05) is 17.2 Å². The Morgan fingerprint density at radius 1 is 1.39 bits per heavy atom. The fourth-order valence-electron chi connectivity index (χ4n) is 3.04. The van der Waals surface area contributed by atoms with Crippen LogP contribution in [0, 0.1) is 20.8 Å². The van der Waals surface area contributed by atoms with Crippen LogP contribution >= 0.6 is 34.9 Å². The molecular weight excluding hydrogens is 420 g/mol. The molecule has 0 bridgehead atoms. The molecule has 2 aromatic heterocycles. The number of hydrogen-bond donors (Lipinski definition) is 3. The molecule has 1 fully saturated rings. The quantitative estimate of drug-likeness (QED) is 0.459. The third kappa shape index (κ3) is 3.40. The van der Waals surface area contributed by atoms with E-state index in [2.05, 4.69) is 25.5 Å². The second-order valence-corrected chi connectivity index (χ2v) is 9.97. The van der Waals surface area contributed by atoms with Crippen molar-refractivity contribution in [3.63, 3.8) is 0 Å². The van der Waals surface area contributed by atoms with E-state index in [4.69, 9.17) is 0 Å². The summed E-state index contributed by atoms with van der Waals surface area (Å²) in [6.45, 7) is 5.67. The lowest BCUT2D eigenvalue weighted by atomic mass is 10.0. The SMILES string of the molecule is Cc1nnc(SCC2=C(C(=O)O)N3C(=O)C(Nc4nc(C)c(C)[nH]4)[C@H]3SC2)s1. The molecule has 0 aliphatic carbocycles. The zero-order valence-corrected chi connectivity index (χ0v) is 17.8. The summed E-state index contributed by atoms with van der Waals surface area (Å²) in [5, 5.41) is 21.5. The number of amides is 1. The first kappa shape index (κ1) is 19.3. The Hall–Kier alpha value is -2.05. The molecule has 0 spiro atoms. The molecule has 1 amide bonds. The molecule has 2 aliphatic rings. The normalized spacial score (nSPS) is 21.5. The number of aryl methyl sites for hydroxylation is 3. The molecule has 0 radical (unpaired) electrons. The Morgan fingerprint density at radius 2 is 2.18 bits per heavy atom. The molecule has 28 heavy (non-hydrogen) atoms. The Kier molecular flexibility index (Phi) is 5.10. The molecule has 2 aliphatic heterocycles. The van der Waals surface area contributed by atoms with E-state index >= 15 is 0 Å². The largest absolute Gasteiger partial charge is 0.477 e. The van der Waals surface area contributed by atoms with Crippen LogP contribution in [0.5, 0.6) is 0 Å². The minimum Gasteiger partial charge on any atom is -0.477 e. The van der Waals surface area contributed by atoms with Crippen LogP contribution in [0.15, 0.2) is 15.6 Å². The van der Waals surface area contributed by atoms with Gasteiger partial charge in [-0.2, -0.15) is 0 Å². The maximum atomic E-state index is 12.7. The van der Waals surface area contributed by atoms with Gasteiger partial charge in [0.25, 0.3) is 5.91 Å². The van der Waals surface area contributed by atoms with E-state index in [0.717, 1.165) is 26.3 Å². The third-order valence-corrected chi connectivity index (χ3v) is 7.95. The monoisotopic (exact) mass is 438 g/mol. The number of rotatable bonds is 6. The van der Waals surface area contributed by atoms with Gasteiger partial charge < -0.3 is 15.4 Å². The second kappa shape index (κ2) is 7.41. The summed E-state index contributed by atoms with van der Waals surface area (Å²) in [7, 11) is 0. The number of β-lactam (4-membered cyclic amide) rings is 1. The van der Waals surface area contributed by atoms with Gasteiger partial charge in [0.2, 0.25) is 5.95 Å². The second-order valence-electron chi connectivity index (χ2n) is 6.46. The molecule has 12 heteroatoms. The number of nitrogens with one attached hydrogen (secondary N) is 2. The summed E-state index contributed by atoms with van der Waals surface area (Å²) in [5.74, 6) is 0.216. The van der Waals surface area contributed by atoms with Crippen LogP contribution in [0.25, 0.3) is 0 Å². The van der Waals surface area contributed by atoms with Gasteiger partial charge >= 0.3 is 5.97 Å². The Bertz CT molecular complexity index is 965. The van der Waals surface area contributed by atoms with Crippen molar-refractivity contribution in [2.75, 3.05) is 16.8 Å². The van der Waals surface area contributed by atoms with Gasteiger partial charge in [0.15, 0.2) is 4.34 Å². The van der Waals surface area contributed by atoms with Crippen LogP contribution in [-0.2, 0) is 9.59 Å². The molecule has 1 saturated heterocycles. The van der Waals surface area contributed by atoms with Gasteiger partial charge in [-0.05, 0) is 26.3 Å². The molecule has 2 aromatic rings. The van der Waals surface area contributed by atoms with E-state index < -0.39 is 12.0 Å². The van der Waals surface area contributed by atoms with E-state index in [1.807, 2.05) is 20.8 Å². The van der Waals surface area contributed by atoms with E-state index in [1.165, 1.54) is 28.0 Å². The standard InChI is InChI=1S/C16H18N6O3S3/c1-6-7(2)18-15(17-6)19-10-12(23)22-11(14(24)25)9(4-26-13(10)22)5-27-16-21-20-8(3)28-16/h10,13H,4-5H2,1-3H3,(H,24,25)(H2,17,18,19)/t10?,13-/m1/s1. The van der Waals surface area contributed by atoms with Crippen molar-refractivity contribution in [3.8, 4) is 0 Å². The van der Waals surface area contributed by atoms with Gasteiger partial charge in [0.05, 0.1) is 5.69 Å². The molecule has 4 rings (SSSR count). The summed E-state index contributed by atoms with van der Waals surface area (Å²) in [6, 6.07) is -0.496. The molecule has 9 nitrogen and oxygen atoms in total. The highest BCUT2D eigenvalue weighted by atomic mass is 32.2. The number of anilines is 1. The van der Waals surface area contributed by atoms with Crippen molar-refractivity contribution in [2.24, 2.45) is 0 Å². The van der Waals surface area contributed by atoms with Crippen molar-refractivity contribution in [1.29, 1.82) is 0 Å². The van der Waals surface area contributed by atoms with E-state index in [9.17, 15) is 14.7 Å². The van der Waals surface area contributed by atoms with Crippen molar-refractivity contribution in [1.82, 2.24) is 25.1 Å². The molecule has 1 unspecified atom stereocenters. The van der Waals surface area contributed by atoms with E-state index in [1.54, 1.807) is 11.8 Å². The smallest absolute Gasteiger partial charge is 0.352 e. The Balaban J connectivity index is 1.50. The highest BCUT2D eigenvalue weighted by Crippen LogP contribution is 2.42. The van der Waals surface area contributed by atoms with Crippen molar-refractivity contribution in [3.05, 3.63) is 27.7 Å². The lowest BCUT2D eigenvalue weighted by Crippen LogP contribution is -2.67. The van der Waals surface area contributed by atoms with Crippen LogP contribution in [0.1, 0.15) is 16.4 Å². The summed E-state index contributed by atoms with van der Waals surface area (Å²) < 4.78 is 0.792. The molecule has 3 N–H and O–H groups in total. The first-order valence-corrected chi connectivity index (χ1v) is 11.3. The van der Waals surface area contributed by atoms with Gasteiger partial charge in [-0.3, -0.25) is 9.69 Å². The van der Waals surface area contributed by atoms with Crippen molar-refractivity contribution >= 4 is 52.7 Å². The summed E-state index contributed by atoms with van der Waals surface area (Å²) in [6.07, 6.45) is 0. The number of aliphatic carboxylic acids is 1. The zero-order valence-electron chi connectivity index (χ0n) is 15.3. The number of carboxylic acid groups (broad SMARTS) is 1. The number of hydrogen-bond acceptors (Lipinski definition) is 9. The van der Waals surface area contributed by atoms with Crippen LogP contribution < -0.4 is 5.32 Å². The van der Waals surface area contributed by atoms with Gasteiger partial charge in [0.1, 0.15) is 22.1 Å². The predicted octanol–water partition coefficient (Wildman–Crippen LogP) is 2.01. The average molecular weight is 439 g/mol. The predicted molar refractivity (Wildman–Crippen MR) is 109 cm³/mol. The Morgan fingerprint density at radius 3 is 2.79 bits per heavy atom. The first-order valence-electron chi connectivity index (χ1n) is 8.47. The fraction of sp³-hybridized carbons (Fsp3) is 0.438. The maximum Gasteiger partial charge on any atom is 0.352 e. The third-order valence-electron chi connectivity index (χ3n) is 4.55. The van der Waals surface area contributed by atoms with Crippen LogP contribution in [0.2, 0.25) is 0 Å². The number of aromatic nitrogens is 4. The topological polar surface area (TPSA) is 124 Å². The number of carbonyl (C=O) groups is 2. The van der Waals surface area contributed by atoms with E-state index in [-0.39, 0.29) is 17.0 Å². The van der Waals surface area contributed by atoms with E-state index in [0.29, 0.717) is 17.5 Å². The van der Waals surface area contributed by atoms with Gasteiger partial charge in [-0.25, -0.2) is 9.78 Å². The zero-order chi connectivity index (χ0) is 20.0. The van der Waals surface area contributed by atoms with Crippen LogP contribution in [-0.4, -0.2) is 65.0 Å². The highest BCUT2D eigenvalue weighted by molar-refractivity contribution is 8.01. The minimum atomic E-state index is -1.08. The first-order chi connectivity index (χ1) is 13.3. The average Bonchev–Trinajstić information content (AvgIpc) is 3.21. The number of H-pyrrole nitrogens is 1. The summed E-state index contributed by atoms with van der Waals surface area (Å²) >= 11 is 4.48. The summed E-state index contributed by atoms with van der Waals surface area (Å²) in [5.41, 5.74) is 2.61. The molecule has 0 saturated carbocycles. The molecular formula is C16H18N6O3S3. The van der Waals surface area contributed by atoms with Crippen LogP contribution in [0.4, 0.5) is 5.95 Å². The molecule has 0 aromatic carbocycles. The summed E-state index contributed by atoms with van der Waals surface area (Å²) in [4.78, 5) is 33.4. The van der Waals surface area contributed by atoms with Crippen molar-refractivity contribution < 1.29 is 14.7 Å². The number of carbonyl (C=O) groups excluding carboxylic acids is 1. The molecule has 148 valence electrons. The number of carboxylic acids is 1. The number of nitrogens with zero attached hydrogens (tertiary/aromatic N) is 4. The number of imidazole rings is 1. The number of fused-ring (bicyclic) bond motifs is 1. The van der Waals surface area contributed by atoms with Crippen LogP contribution in [0.3, 0.4) is 0 Å². The highest BCUT2D eigenvalue weighted by Gasteiger charge is 2.53. The minimum absolute atomic E-state index is 0.0901. The lowest BCUT2D eigenvalue weighted by Gasteiger charge is -2.49. The lowest BCUT2D eigenvalue weighted by molar-refractivity contribution is -0.147. The number of thioether (sulfide) groups is 2. The van der Waals surface area contributed by atoms with Crippen molar-refractivity contribution in [2.45, 2.75) is 36.5 Å². The fourth-order valence-corrected chi connectivity index (χ4v) is 6.34. The maximum absolute atomic E-state index is 12.7. The Labute approximate surface area is 173 Å². The number of aromatic amines is 1. The molecule has 4 heterocycles. The van der Waals surface area contributed by atoms with Gasteiger partial charge in [-0.1, -0.05) is 23.1 Å². The van der Waals surface area contributed by atoms with Gasteiger partial charge in [-0.15, -0.1) is 22.0 Å². The molecule has 2 atom stereocenters.